The smallest absolute Gasteiger partial charge is 0.231 e. The average molecular weight is 313 g/mol. The van der Waals surface area contributed by atoms with Crippen LogP contribution in [0.15, 0.2) is 22.9 Å². The first-order chi connectivity index (χ1) is 8.66. The first kappa shape index (κ1) is 13.3. The molecule has 0 aliphatic heterocycles. The summed E-state index contributed by atoms with van der Waals surface area (Å²) in [6, 6.07) is 3.74. The predicted octanol–water partition coefficient (Wildman–Crippen LogP) is 2.21. The van der Waals surface area contributed by atoms with Crippen LogP contribution in [0.4, 0.5) is 0 Å². The number of fused-ring (bicyclic) bond motifs is 1. The number of rotatable bonds is 6. The number of hydrogen-bond donors (Lipinski definition) is 0. The fourth-order valence-corrected chi connectivity index (χ4v) is 1.98. The summed E-state index contributed by atoms with van der Waals surface area (Å²) in [4.78, 5) is 6.35. The van der Waals surface area contributed by atoms with E-state index >= 15 is 0 Å². The molecule has 2 aromatic rings. The molecule has 0 bridgehead atoms. The van der Waals surface area contributed by atoms with Gasteiger partial charge in [0.2, 0.25) is 5.88 Å². The molecule has 98 valence electrons. The molecule has 0 atom stereocenters. The van der Waals surface area contributed by atoms with Crippen molar-refractivity contribution >= 4 is 21.6 Å². The third-order valence-corrected chi connectivity index (χ3v) is 3.09. The van der Waals surface area contributed by atoms with Gasteiger partial charge in [0.15, 0.2) is 5.65 Å². The zero-order valence-corrected chi connectivity index (χ0v) is 12.2. The van der Waals surface area contributed by atoms with Crippen LogP contribution in [-0.4, -0.2) is 46.7 Å². The van der Waals surface area contributed by atoms with Crippen LogP contribution in [-0.2, 0) is 0 Å². The third kappa shape index (κ3) is 3.43. The highest BCUT2D eigenvalue weighted by molar-refractivity contribution is 9.10. The highest BCUT2D eigenvalue weighted by atomic mass is 79.9. The zero-order valence-electron chi connectivity index (χ0n) is 10.6. The normalized spacial score (nSPS) is 11.3. The van der Waals surface area contributed by atoms with Crippen molar-refractivity contribution in [3.8, 4) is 5.88 Å². The van der Waals surface area contributed by atoms with E-state index in [9.17, 15) is 0 Å². The second-order valence-corrected chi connectivity index (χ2v) is 5.19. The quantitative estimate of drug-likeness (QED) is 0.767. The SMILES string of the molecule is CN(C)CCCCOc1ccc2ncc(Br)n2n1. The Morgan fingerprint density at radius 3 is 2.94 bits per heavy atom. The van der Waals surface area contributed by atoms with Crippen molar-refractivity contribution in [3.63, 3.8) is 0 Å². The van der Waals surface area contributed by atoms with E-state index < -0.39 is 0 Å². The molecular formula is C12H17BrN4O. The van der Waals surface area contributed by atoms with Crippen molar-refractivity contribution in [2.45, 2.75) is 12.8 Å². The van der Waals surface area contributed by atoms with Gasteiger partial charge in [-0.3, -0.25) is 0 Å². The van der Waals surface area contributed by atoms with Crippen LogP contribution < -0.4 is 4.74 Å². The summed E-state index contributed by atoms with van der Waals surface area (Å²) in [6.45, 7) is 1.78. The number of hydrogen-bond acceptors (Lipinski definition) is 4. The number of imidazole rings is 1. The lowest BCUT2D eigenvalue weighted by atomic mass is 10.3. The van der Waals surface area contributed by atoms with Crippen LogP contribution in [0.3, 0.4) is 0 Å². The molecule has 0 fully saturated rings. The molecular weight excluding hydrogens is 296 g/mol. The Kier molecular flexibility index (Phi) is 4.54. The monoisotopic (exact) mass is 312 g/mol. The minimum atomic E-state index is 0.631. The van der Waals surface area contributed by atoms with Crippen molar-refractivity contribution < 1.29 is 4.74 Å². The number of halogens is 1. The van der Waals surface area contributed by atoms with E-state index in [0.29, 0.717) is 12.5 Å². The standard InChI is InChI=1S/C12H17BrN4O/c1-16(2)7-3-4-8-18-12-6-5-11-14-9-10(13)17(11)15-12/h5-6,9H,3-4,7-8H2,1-2H3. The van der Waals surface area contributed by atoms with Gasteiger partial charge in [0, 0.05) is 6.07 Å². The molecule has 0 saturated heterocycles. The Bertz CT molecular complexity index is 512. The van der Waals surface area contributed by atoms with Gasteiger partial charge in [0.1, 0.15) is 4.60 Å². The van der Waals surface area contributed by atoms with E-state index in [1.54, 1.807) is 10.7 Å². The zero-order chi connectivity index (χ0) is 13.0. The lowest BCUT2D eigenvalue weighted by molar-refractivity contribution is 0.280. The summed E-state index contributed by atoms with van der Waals surface area (Å²) in [7, 11) is 4.15. The summed E-state index contributed by atoms with van der Waals surface area (Å²) in [5.41, 5.74) is 0.807. The van der Waals surface area contributed by atoms with Crippen LogP contribution in [0.25, 0.3) is 5.65 Å². The molecule has 6 heteroatoms. The first-order valence-electron chi connectivity index (χ1n) is 5.94. The van der Waals surface area contributed by atoms with Crippen molar-refractivity contribution in [2.75, 3.05) is 27.2 Å². The molecule has 5 nitrogen and oxygen atoms in total. The van der Waals surface area contributed by atoms with Gasteiger partial charge in [-0.05, 0) is 55.5 Å². The Balaban J connectivity index is 1.86. The minimum Gasteiger partial charge on any atom is -0.477 e. The predicted molar refractivity (Wildman–Crippen MR) is 74.0 cm³/mol. The Morgan fingerprint density at radius 1 is 1.33 bits per heavy atom. The van der Waals surface area contributed by atoms with Gasteiger partial charge in [-0.1, -0.05) is 0 Å². The molecule has 18 heavy (non-hydrogen) atoms. The van der Waals surface area contributed by atoms with Gasteiger partial charge in [0.05, 0.1) is 12.8 Å². The maximum Gasteiger partial charge on any atom is 0.231 e. The van der Waals surface area contributed by atoms with Crippen molar-refractivity contribution in [1.29, 1.82) is 0 Å². The van der Waals surface area contributed by atoms with E-state index in [1.165, 1.54) is 0 Å². The Labute approximate surface area is 115 Å². The molecule has 0 aliphatic rings. The van der Waals surface area contributed by atoms with Crippen molar-refractivity contribution in [3.05, 3.63) is 22.9 Å². The highest BCUT2D eigenvalue weighted by Crippen LogP contribution is 2.14. The van der Waals surface area contributed by atoms with E-state index in [1.807, 2.05) is 12.1 Å². The Hall–Kier alpha value is -1.14. The number of aromatic nitrogens is 3. The molecule has 0 N–H and O–H groups in total. The Morgan fingerprint density at radius 2 is 2.17 bits per heavy atom. The molecule has 0 unspecified atom stereocenters. The lowest BCUT2D eigenvalue weighted by Gasteiger charge is -2.09. The molecule has 0 aliphatic carbocycles. The summed E-state index contributed by atoms with van der Waals surface area (Å²) >= 11 is 3.39. The van der Waals surface area contributed by atoms with Crippen LogP contribution in [0.1, 0.15) is 12.8 Å². The molecule has 0 spiro atoms. The third-order valence-electron chi connectivity index (χ3n) is 2.55. The van der Waals surface area contributed by atoms with E-state index in [4.69, 9.17) is 4.74 Å². The number of ether oxygens (including phenoxy) is 1. The minimum absolute atomic E-state index is 0.631. The van der Waals surface area contributed by atoms with Gasteiger partial charge < -0.3 is 9.64 Å². The van der Waals surface area contributed by atoms with Crippen molar-refractivity contribution in [2.24, 2.45) is 0 Å². The van der Waals surface area contributed by atoms with Crippen LogP contribution in [0.5, 0.6) is 5.88 Å². The topological polar surface area (TPSA) is 42.7 Å². The molecule has 0 saturated carbocycles. The highest BCUT2D eigenvalue weighted by Gasteiger charge is 2.03. The van der Waals surface area contributed by atoms with Crippen molar-refractivity contribution in [1.82, 2.24) is 19.5 Å². The maximum absolute atomic E-state index is 5.62. The van der Waals surface area contributed by atoms with E-state index in [2.05, 4.69) is 45.0 Å². The summed E-state index contributed by atoms with van der Waals surface area (Å²) in [5.74, 6) is 0.631. The second kappa shape index (κ2) is 6.15. The molecule has 2 rings (SSSR count). The van der Waals surface area contributed by atoms with E-state index in [0.717, 1.165) is 29.6 Å². The summed E-state index contributed by atoms with van der Waals surface area (Å²) in [6.07, 6.45) is 3.89. The van der Waals surface area contributed by atoms with Gasteiger partial charge in [-0.2, -0.15) is 0 Å². The van der Waals surface area contributed by atoms with E-state index in [-0.39, 0.29) is 0 Å². The summed E-state index contributed by atoms with van der Waals surface area (Å²) in [5, 5.41) is 4.34. The molecule has 2 heterocycles. The largest absolute Gasteiger partial charge is 0.477 e. The lowest BCUT2D eigenvalue weighted by Crippen LogP contribution is -2.13. The van der Waals surface area contributed by atoms with Gasteiger partial charge in [-0.25, -0.2) is 9.50 Å². The van der Waals surface area contributed by atoms with Crippen LogP contribution >= 0.6 is 15.9 Å². The van der Waals surface area contributed by atoms with Gasteiger partial charge >= 0.3 is 0 Å². The molecule has 0 radical (unpaired) electrons. The molecule has 2 aromatic heterocycles. The molecule has 0 amide bonds. The van der Waals surface area contributed by atoms with Gasteiger partial charge in [0.25, 0.3) is 0 Å². The fraction of sp³-hybridized carbons (Fsp3) is 0.500. The first-order valence-corrected chi connectivity index (χ1v) is 6.74. The average Bonchev–Trinajstić information content (AvgIpc) is 2.70. The second-order valence-electron chi connectivity index (χ2n) is 4.38. The fourth-order valence-electron chi connectivity index (χ4n) is 1.61. The van der Waals surface area contributed by atoms with Crippen LogP contribution in [0.2, 0.25) is 0 Å². The van der Waals surface area contributed by atoms with Crippen LogP contribution in [0, 0.1) is 0 Å². The maximum atomic E-state index is 5.62. The number of unbranched alkanes of at least 4 members (excludes halogenated alkanes) is 1. The number of nitrogens with zero attached hydrogens (tertiary/aromatic N) is 4. The van der Waals surface area contributed by atoms with Gasteiger partial charge in [-0.15, -0.1) is 5.10 Å². The summed E-state index contributed by atoms with van der Waals surface area (Å²) < 4.78 is 8.17. The molecule has 0 aromatic carbocycles.